The molecule has 2 nitrogen and oxygen atoms in total. The van der Waals surface area contributed by atoms with Crippen molar-refractivity contribution >= 4 is 12.9 Å². The molecule has 6 heteroatoms. The molecule has 1 saturated carbocycles. The zero-order chi connectivity index (χ0) is 11.1. The monoisotopic (exact) mass is 209 g/mol. The van der Waals surface area contributed by atoms with Crippen LogP contribution in [0.3, 0.4) is 0 Å². The van der Waals surface area contributed by atoms with Gasteiger partial charge in [-0.25, -0.2) is 0 Å². The molecule has 1 rings (SSSR count). The summed E-state index contributed by atoms with van der Waals surface area (Å²) in [6.45, 7) is -0.321. The van der Waals surface area contributed by atoms with Gasteiger partial charge < -0.3 is 17.7 Å². The molecule has 0 N–H and O–H groups in total. The highest BCUT2D eigenvalue weighted by Gasteiger charge is 2.68. The van der Waals surface area contributed by atoms with Gasteiger partial charge in [-0.2, -0.15) is 0 Å². The molecule has 0 radical (unpaired) electrons. The minimum Gasteiger partial charge on any atom is -0.466 e. The molecule has 0 aliphatic heterocycles. The molecule has 1 aliphatic carbocycles. The maximum atomic E-state index is 12.4. The molecule has 0 unspecified atom stereocenters. The van der Waals surface area contributed by atoms with E-state index in [1.54, 1.807) is 6.92 Å². The van der Waals surface area contributed by atoms with Gasteiger partial charge in [0.2, 0.25) is 0 Å². The molecule has 14 heavy (non-hydrogen) atoms. The van der Waals surface area contributed by atoms with Crippen molar-refractivity contribution in [2.75, 3.05) is 6.61 Å². The Labute approximate surface area is 80.9 Å². The first kappa shape index (κ1) is 11.4. The van der Waals surface area contributed by atoms with E-state index in [1.165, 1.54) is 13.8 Å². The quantitative estimate of drug-likeness (QED) is 0.526. The van der Waals surface area contributed by atoms with Crippen LogP contribution in [0.1, 0.15) is 20.8 Å². The van der Waals surface area contributed by atoms with E-state index in [2.05, 4.69) is 4.74 Å². The van der Waals surface area contributed by atoms with Crippen molar-refractivity contribution in [3.63, 3.8) is 0 Å². The Kier molecular flexibility index (Phi) is 2.58. The summed E-state index contributed by atoms with van der Waals surface area (Å²) in [7, 11) is 0. The number of rotatable bonds is 3. The summed E-state index contributed by atoms with van der Waals surface area (Å²) in [5, 5.41) is 0. The van der Waals surface area contributed by atoms with E-state index in [-0.39, 0.29) is 6.61 Å². The van der Waals surface area contributed by atoms with Gasteiger partial charge in [0.1, 0.15) is 0 Å². The number of hydrogen-bond acceptors (Lipinski definition) is 2. The van der Waals surface area contributed by atoms with Crippen LogP contribution in [-0.4, -0.2) is 19.6 Å². The van der Waals surface area contributed by atoms with Crippen LogP contribution in [0.25, 0.3) is 0 Å². The largest absolute Gasteiger partial charge is 0.482 e. The molecule has 82 valence electrons. The first-order chi connectivity index (χ1) is 6.23. The van der Waals surface area contributed by atoms with Gasteiger partial charge in [0.05, 0.1) is 6.61 Å². The van der Waals surface area contributed by atoms with E-state index >= 15 is 0 Å². The zero-order valence-electron chi connectivity index (χ0n) is 8.39. The Balaban J connectivity index is 2.71. The van der Waals surface area contributed by atoms with Crippen LogP contribution in [-0.2, 0) is 9.53 Å². The molecule has 0 saturated heterocycles. The van der Waals surface area contributed by atoms with Gasteiger partial charge in [0, 0.05) is 5.92 Å². The van der Waals surface area contributed by atoms with E-state index in [4.69, 9.17) is 0 Å². The van der Waals surface area contributed by atoms with Gasteiger partial charge in [-0.3, -0.25) is 4.79 Å². The van der Waals surface area contributed by atoms with Crippen molar-refractivity contribution in [3.05, 3.63) is 0 Å². The maximum absolute atomic E-state index is 12.4. The third kappa shape index (κ3) is 1.74. The van der Waals surface area contributed by atoms with E-state index in [1.807, 2.05) is 0 Å². The van der Waals surface area contributed by atoms with Crippen molar-refractivity contribution in [1.29, 1.82) is 0 Å². The first-order valence-electron chi connectivity index (χ1n) is 4.59. The second kappa shape index (κ2) is 3.17. The van der Waals surface area contributed by atoms with Crippen LogP contribution in [0.2, 0.25) is 5.82 Å². The molecule has 0 aromatic carbocycles. The molecular formula is C8H13BF3O2-. The molecule has 0 spiro atoms. The number of ether oxygens (including phenoxy) is 1. The van der Waals surface area contributed by atoms with Crippen LogP contribution < -0.4 is 0 Å². The fourth-order valence-electron chi connectivity index (χ4n) is 2.07. The van der Waals surface area contributed by atoms with Crippen LogP contribution in [0.15, 0.2) is 0 Å². The highest BCUT2D eigenvalue weighted by molar-refractivity contribution is 6.62. The van der Waals surface area contributed by atoms with Gasteiger partial charge in [-0.1, -0.05) is 19.7 Å². The SMILES string of the molecule is CCOC(=O)[C@@H]1[C@@H]([B-](F)(F)F)C1(C)C. The van der Waals surface area contributed by atoms with E-state index in [9.17, 15) is 17.7 Å². The van der Waals surface area contributed by atoms with E-state index in [0.717, 1.165) is 0 Å². The molecule has 2 atom stereocenters. The first-order valence-corrected chi connectivity index (χ1v) is 4.59. The van der Waals surface area contributed by atoms with Crippen molar-refractivity contribution in [2.45, 2.75) is 26.6 Å². The average Bonchev–Trinajstić information content (AvgIpc) is 2.53. The third-order valence-electron chi connectivity index (χ3n) is 2.86. The summed E-state index contributed by atoms with van der Waals surface area (Å²) in [5.74, 6) is -3.20. The molecule has 1 fully saturated rings. The summed E-state index contributed by atoms with van der Waals surface area (Å²) in [5.41, 5.74) is -0.982. The smallest absolute Gasteiger partial charge is 0.466 e. The second-order valence-electron chi connectivity index (χ2n) is 4.20. The predicted molar refractivity (Wildman–Crippen MR) is 46.7 cm³/mol. The summed E-state index contributed by atoms with van der Waals surface area (Å²) >= 11 is 0. The number of hydrogen-bond donors (Lipinski definition) is 0. The van der Waals surface area contributed by atoms with E-state index in [0.29, 0.717) is 0 Å². The van der Waals surface area contributed by atoms with E-state index < -0.39 is 30.1 Å². The van der Waals surface area contributed by atoms with Crippen LogP contribution >= 0.6 is 0 Å². The summed E-state index contributed by atoms with van der Waals surface area (Å²) in [6, 6.07) is 0. The van der Waals surface area contributed by atoms with Crippen LogP contribution in [0.5, 0.6) is 0 Å². The minimum atomic E-state index is -4.94. The lowest BCUT2D eigenvalue weighted by Crippen LogP contribution is -2.19. The fraction of sp³-hybridized carbons (Fsp3) is 0.875. The lowest BCUT2D eigenvalue weighted by Gasteiger charge is -2.14. The fourth-order valence-corrected chi connectivity index (χ4v) is 2.07. The van der Waals surface area contributed by atoms with Gasteiger partial charge >= 0.3 is 12.9 Å². The molecule has 0 amide bonds. The number of carbonyl (C=O) groups is 1. The normalized spacial score (nSPS) is 29.9. The Morgan fingerprint density at radius 2 is 1.93 bits per heavy atom. The molecule has 0 aromatic rings. The minimum absolute atomic E-state index is 0.128. The highest BCUT2D eigenvalue weighted by Crippen LogP contribution is 2.68. The lowest BCUT2D eigenvalue weighted by atomic mass is 9.78. The maximum Gasteiger partial charge on any atom is 0.482 e. The Hall–Kier alpha value is -0.675. The molecule has 0 heterocycles. The van der Waals surface area contributed by atoms with Crippen molar-refractivity contribution in [3.8, 4) is 0 Å². The number of esters is 1. The molecule has 0 aromatic heterocycles. The van der Waals surface area contributed by atoms with Crippen molar-refractivity contribution in [1.82, 2.24) is 0 Å². The number of carbonyl (C=O) groups excluding carboxylic acids is 1. The Bertz CT molecular complexity index is 249. The topological polar surface area (TPSA) is 26.3 Å². The lowest BCUT2D eigenvalue weighted by molar-refractivity contribution is -0.145. The molecule has 0 bridgehead atoms. The zero-order valence-corrected chi connectivity index (χ0v) is 8.39. The number of halogens is 3. The van der Waals surface area contributed by atoms with Gasteiger partial charge in [0.25, 0.3) is 0 Å². The summed E-state index contributed by atoms with van der Waals surface area (Å²) < 4.78 is 41.9. The average molecular weight is 209 g/mol. The Morgan fingerprint density at radius 3 is 2.21 bits per heavy atom. The van der Waals surface area contributed by atoms with Gasteiger partial charge in [0.15, 0.2) is 0 Å². The van der Waals surface area contributed by atoms with Crippen molar-refractivity contribution in [2.24, 2.45) is 11.3 Å². The Morgan fingerprint density at radius 1 is 1.43 bits per heavy atom. The van der Waals surface area contributed by atoms with Crippen LogP contribution in [0, 0.1) is 11.3 Å². The second-order valence-corrected chi connectivity index (χ2v) is 4.20. The summed E-state index contributed by atoms with van der Waals surface area (Å²) in [6.07, 6.45) is 0. The molecular weight excluding hydrogens is 196 g/mol. The van der Waals surface area contributed by atoms with Gasteiger partial charge in [-0.05, 0) is 12.3 Å². The van der Waals surface area contributed by atoms with Crippen molar-refractivity contribution < 1.29 is 22.5 Å². The molecule has 1 aliphatic rings. The van der Waals surface area contributed by atoms with Crippen LogP contribution in [0.4, 0.5) is 12.9 Å². The highest BCUT2D eigenvalue weighted by atomic mass is 19.4. The predicted octanol–water partition coefficient (Wildman–Crippen LogP) is 2.42. The van der Waals surface area contributed by atoms with Gasteiger partial charge in [-0.15, -0.1) is 0 Å². The standard InChI is InChI=1S/C8H13BF3O2/c1-4-14-7(13)5-6(8(5,2)3)9(10,11)12/h5-6H,4H2,1-3H3/q-1/t5-,6+/m0/s1. The summed E-state index contributed by atoms with van der Waals surface area (Å²) in [4.78, 5) is 11.2. The third-order valence-corrected chi connectivity index (χ3v) is 2.86.